The van der Waals surface area contributed by atoms with E-state index in [0.717, 1.165) is 64.3 Å². The van der Waals surface area contributed by atoms with Crippen molar-refractivity contribution in [2.24, 2.45) is 5.92 Å². The molecule has 2 aromatic heterocycles. The summed E-state index contributed by atoms with van der Waals surface area (Å²) in [5.41, 5.74) is 2.68. The summed E-state index contributed by atoms with van der Waals surface area (Å²) in [6.07, 6.45) is 10.6. The molecule has 0 aliphatic heterocycles. The van der Waals surface area contributed by atoms with E-state index in [-0.39, 0.29) is 11.9 Å². The lowest BCUT2D eigenvalue weighted by molar-refractivity contribution is 0.0591. The highest BCUT2D eigenvalue weighted by Crippen LogP contribution is 2.39. The average molecular weight is 520 g/mol. The zero-order valence-corrected chi connectivity index (χ0v) is 22.2. The highest BCUT2D eigenvalue weighted by Gasteiger charge is 2.32. The van der Waals surface area contributed by atoms with Gasteiger partial charge < -0.3 is 9.64 Å². The fourth-order valence-electron chi connectivity index (χ4n) is 5.21. The molecule has 4 aromatic rings. The molecular weight excluding hydrogens is 490 g/mol. The van der Waals surface area contributed by atoms with Crippen LogP contribution in [0.2, 0.25) is 5.02 Å². The Balaban J connectivity index is 1.53. The van der Waals surface area contributed by atoms with Crippen molar-refractivity contribution in [1.82, 2.24) is 14.9 Å². The van der Waals surface area contributed by atoms with E-state index in [2.05, 4.69) is 23.0 Å². The van der Waals surface area contributed by atoms with Gasteiger partial charge in [0.25, 0.3) is 5.91 Å². The highest BCUT2D eigenvalue weighted by atomic mass is 35.5. The number of carbonyl (C=O) groups is 1. The van der Waals surface area contributed by atoms with Crippen LogP contribution in [0.25, 0.3) is 21.3 Å². The minimum atomic E-state index is -0.00638. The number of nitrogens with zero attached hydrogens (tertiary/aromatic N) is 3. The Morgan fingerprint density at radius 1 is 1.14 bits per heavy atom. The number of carbonyl (C=O) groups excluding carboxylic acids is 1. The number of benzene rings is 2. The Morgan fingerprint density at radius 2 is 1.94 bits per heavy atom. The van der Waals surface area contributed by atoms with E-state index in [0.29, 0.717) is 16.4 Å². The van der Waals surface area contributed by atoms with Crippen LogP contribution >= 0.6 is 22.9 Å². The summed E-state index contributed by atoms with van der Waals surface area (Å²) in [6, 6.07) is 14.1. The number of methoxy groups -OCH3 is 1. The summed E-state index contributed by atoms with van der Waals surface area (Å²) in [7, 11) is 1.67. The minimum Gasteiger partial charge on any atom is -0.496 e. The topological polar surface area (TPSA) is 55.3 Å². The average Bonchev–Trinajstić information content (AvgIpc) is 3.28. The smallest absolute Gasteiger partial charge is 0.266 e. The Hall–Kier alpha value is -2.96. The van der Waals surface area contributed by atoms with Crippen molar-refractivity contribution in [3.63, 3.8) is 0 Å². The van der Waals surface area contributed by atoms with E-state index < -0.39 is 0 Å². The third kappa shape index (κ3) is 4.97. The Labute approximate surface area is 221 Å². The summed E-state index contributed by atoms with van der Waals surface area (Å²) in [5.74, 6) is 1.49. The number of fused-ring (bicyclic) bond motifs is 1. The van der Waals surface area contributed by atoms with Gasteiger partial charge in [0.1, 0.15) is 10.6 Å². The lowest BCUT2D eigenvalue weighted by atomic mass is 9.83. The van der Waals surface area contributed by atoms with Crippen LogP contribution in [-0.2, 0) is 6.54 Å². The number of amides is 1. The number of halogens is 1. The van der Waals surface area contributed by atoms with Gasteiger partial charge in [-0.1, -0.05) is 43.1 Å². The number of hydrogen-bond donors (Lipinski definition) is 0. The molecule has 1 aliphatic rings. The van der Waals surface area contributed by atoms with Gasteiger partial charge in [-0.15, -0.1) is 11.3 Å². The van der Waals surface area contributed by atoms with Crippen molar-refractivity contribution in [2.45, 2.75) is 51.6 Å². The first-order valence-electron chi connectivity index (χ1n) is 12.5. The van der Waals surface area contributed by atoms with Crippen LogP contribution in [0.3, 0.4) is 0 Å². The number of rotatable bonds is 7. The van der Waals surface area contributed by atoms with Crippen molar-refractivity contribution in [3.8, 4) is 17.0 Å². The van der Waals surface area contributed by atoms with Crippen LogP contribution in [-0.4, -0.2) is 33.9 Å². The van der Waals surface area contributed by atoms with Crippen LogP contribution in [0.5, 0.6) is 5.75 Å². The SMILES string of the molecule is CC[C@H]1CC[C@H](N(Cc2cc(-c3cnccn3)ccc2OC)C(=O)c2sc3ccccc3c2Cl)CC1. The molecule has 36 heavy (non-hydrogen) atoms. The number of ether oxygens (including phenoxy) is 1. The predicted molar refractivity (Wildman–Crippen MR) is 147 cm³/mol. The van der Waals surface area contributed by atoms with Crippen molar-refractivity contribution in [3.05, 3.63) is 76.5 Å². The standard InChI is InChI=1S/C29H30ClN3O2S/c1-3-19-8-11-22(12-9-19)33(29(34)28-27(30)23-6-4-5-7-26(23)36-28)18-21-16-20(10-13-25(21)35-2)24-17-31-14-15-32-24/h4-7,10,13-17,19,22H,3,8-9,11-12,18H2,1-2H3/t19-,22-. The summed E-state index contributed by atoms with van der Waals surface area (Å²) >= 11 is 8.25. The summed E-state index contributed by atoms with van der Waals surface area (Å²) in [4.78, 5) is 25.4. The molecule has 0 saturated heterocycles. The second-order valence-corrected chi connectivity index (χ2v) is 10.8. The molecule has 0 unspecified atom stereocenters. The van der Waals surface area contributed by atoms with Crippen LogP contribution in [0, 0.1) is 5.92 Å². The molecule has 1 fully saturated rings. The van der Waals surface area contributed by atoms with Crippen LogP contribution in [0.1, 0.15) is 54.3 Å². The molecule has 5 nitrogen and oxygen atoms in total. The van der Waals surface area contributed by atoms with Gasteiger partial charge in [-0.05, 0) is 55.9 Å². The molecule has 1 aliphatic carbocycles. The van der Waals surface area contributed by atoms with Gasteiger partial charge in [0.05, 0.1) is 24.0 Å². The second-order valence-electron chi connectivity index (χ2n) is 9.37. The summed E-state index contributed by atoms with van der Waals surface area (Å²) in [6.45, 7) is 2.70. The van der Waals surface area contributed by atoms with Gasteiger partial charge in [0.15, 0.2) is 0 Å². The van der Waals surface area contributed by atoms with Crippen molar-refractivity contribution in [2.75, 3.05) is 7.11 Å². The van der Waals surface area contributed by atoms with Crippen LogP contribution < -0.4 is 4.74 Å². The third-order valence-corrected chi connectivity index (χ3v) is 8.97. The minimum absolute atomic E-state index is 0.00638. The fourth-order valence-corrected chi connectivity index (χ4v) is 6.67. The van der Waals surface area contributed by atoms with Gasteiger partial charge >= 0.3 is 0 Å². The van der Waals surface area contributed by atoms with E-state index in [9.17, 15) is 4.79 Å². The first-order chi connectivity index (χ1) is 17.6. The molecule has 5 rings (SSSR count). The molecule has 1 saturated carbocycles. The van der Waals surface area contributed by atoms with Gasteiger partial charge in [0, 0.05) is 46.2 Å². The molecule has 0 radical (unpaired) electrons. The quantitative estimate of drug-likeness (QED) is 0.252. The van der Waals surface area contributed by atoms with Gasteiger partial charge in [-0.25, -0.2) is 0 Å². The number of hydrogen-bond acceptors (Lipinski definition) is 5. The lowest BCUT2D eigenvalue weighted by Crippen LogP contribution is -2.41. The molecule has 7 heteroatoms. The molecule has 0 N–H and O–H groups in total. The van der Waals surface area contributed by atoms with E-state index in [1.807, 2.05) is 41.3 Å². The largest absolute Gasteiger partial charge is 0.496 e. The zero-order valence-electron chi connectivity index (χ0n) is 20.6. The Kier molecular flexibility index (Phi) is 7.54. The summed E-state index contributed by atoms with van der Waals surface area (Å²) in [5, 5.41) is 1.48. The second kappa shape index (κ2) is 11.0. The Bertz CT molecular complexity index is 1350. The summed E-state index contributed by atoms with van der Waals surface area (Å²) < 4.78 is 6.75. The van der Waals surface area contributed by atoms with Gasteiger partial charge in [-0.2, -0.15) is 0 Å². The van der Waals surface area contributed by atoms with Crippen molar-refractivity contribution < 1.29 is 9.53 Å². The molecule has 0 spiro atoms. The van der Waals surface area contributed by atoms with Crippen molar-refractivity contribution >= 4 is 38.9 Å². The first-order valence-corrected chi connectivity index (χ1v) is 13.7. The van der Waals surface area contributed by atoms with Crippen LogP contribution in [0.4, 0.5) is 0 Å². The van der Waals surface area contributed by atoms with Crippen molar-refractivity contribution in [1.29, 1.82) is 0 Å². The Morgan fingerprint density at radius 3 is 2.64 bits per heavy atom. The van der Waals surface area contributed by atoms with Crippen LogP contribution in [0.15, 0.2) is 61.1 Å². The maximum Gasteiger partial charge on any atom is 0.266 e. The lowest BCUT2D eigenvalue weighted by Gasteiger charge is -2.37. The molecule has 186 valence electrons. The molecule has 0 bridgehead atoms. The fraction of sp³-hybridized carbons (Fsp3) is 0.345. The zero-order chi connectivity index (χ0) is 25.1. The monoisotopic (exact) mass is 519 g/mol. The maximum atomic E-state index is 14.1. The molecule has 2 heterocycles. The first kappa shape index (κ1) is 24.7. The van der Waals surface area contributed by atoms with E-state index in [1.165, 1.54) is 17.8 Å². The molecule has 1 amide bonds. The van der Waals surface area contributed by atoms with E-state index in [4.69, 9.17) is 16.3 Å². The normalized spacial score (nSPS) is 17.8. The number of thiophene rings is 1. The molecule has 2 aromatic carbocycles. The van der Waals surface area contributed by atoms with Gasteiger partial charge in [-0.3, -0.25) is 14.8 Å². The van der Waals surface area contributed by atoms with Gasteiger partial charge in [0.2, 0.25) is 0 Å². The predicted octanol–water partition coefficient (Wildman–Crippen LogP) is 7.63. The highest BCUT2D eigenvalue weighted by molar-refractivity contribution is 7.21. The van der Waals surface area contributed by atoms with E-state index in [1.54, 1.807) is 25.7 Å². The third-order valence-electron chi connectivity index (χ3n) is 7.30. The maximum absolute atomic E-state index is 14.1. The molecule has 0 atom stereocenters. The van der Waals surface area contributed by atoms with E-state index >= 15 is 0 Å². The molecular formula is C29H30ClN3O2S. The number of aromatic nitrogens is 2.